The molecule has 0 aliphatic carbocycles. The quantitative estimate of drug-likeness (QED) is 0.834. The first-order valence-electron chi connectivity index (χ1n) is 5.82. The molecule has 2 aromatic carbocycles. The van der Waals surface area contributed by atoms with E-state index in [-0.39, 0.29) is 18.1 Å². The molecule has 2 rings (SSSR count). The Morgan fingerprint density at radius 3 is 2.37 bits per heavy atom. The SMILES string of the molecule is COc1cccc(COc2cccc(C)c2F)c1F. The third-order valence-corrected chi connectivity index (χ3v) is 2.80. The van der Waals surface area contributed by atoms with Crippen LogP contribution >= 0.6 is 0 Å². The van der Waals surface area contributed by atoms with E-state index in [0.29, 0.717) is 11.1 Å². The number of halogens is 2. The molecule has 0 aliphatic rings. The third-order valence-electron chi connectivity index (χ3n) is 2.80. The van der Waals surface area contributed by atoms with Gasteiger partial charge in [0.25, 0.3) is 0 Å². The lowest BCUT2D eigenvalue weighted by atomic mass is 10.2. The molecule has 0 amide bonds. The fourth-order valence-electron chi connectivity index (χ4n) is 1.71. The molecule has 0 bridgehead atoms. The Bertz CT molecular complexity index is 582. The molecule has 2 aromatic rings. The van der Waals surface area contributed by atoms with Crippen molar-refractivity contribution in [1.82, 2.24) is 0 Å². The van der Waals surface area contributed by atoms with Gasteiger partial charge in [0.2, 0.25) is 0 Å². The zero-order chi connectivity index (χ0) is 13.8. The molecule has 0 heterocycles. The molecule has 0 saturated heterocycles. The van der Waals surface area contributed by atoms with Gasteiger partial charge in [-0.3, -0.25) is 0 Å². The van der Waals surface area contributed by atoms with Crippen molar-refractivity contribution in [3.8, 4) is 11.5 Å². The van der Waals surface area contributed by atoms with Crippen LogP contribution in [0.25, 0.3) is 0 Å². The van der Waals surface area contributed by atoms with Gasteiger partial charge in [-0.2, -0.15) is 0 Å². The van der Waals surface area contributed by atoms with E-state index in [1.807, 2.05) is 0 Å². The van der Waals surface area contributed by atoms with Crippen LogP contribution in [-0.2, 0) is 6.61 Å². The first-order valence-corrected chi connectivity index (χ1v) is 5.82. The monoisotopic (exact) mass is 264 g/mol. The van der Waals surface area contributed by atoms with Crippen LogP contribution in [-0.4, -0.2) is 7.11 Å². The maximum Gasteiger partial charge on any atom is 0.171 e. The molecule has 0 atom stereocenters. The maximum atomic E-state index is 13.9. The van der Waals surface area contributed by atoms with Crippen LogP contribution in [0.1, 0.15) is 11.1 Å². The van der Waals surface area contributed by atoms with Gasteiger partial charge >= 0.3 is 0 Å². The van der Waals surface area contributed by atoms with Crippen LogP contribution in [0.4, 0.5) is 8.78 Å². The highest BCUT2D eigenvalue weighted by Crippen LogP contribution is 2.24. The van der Waals surface area contributed by atoms with Gasteiger partial charge in [-0.1, -0.05) is 24.3 Å². The number of rotatable bonds is 4. The van der Waals surface area contributed by atoms with E-state index >= 15 is 0 Å². The Morgan fingerprint density at radius 1 is 0.947 bits per heavy atom. The fraction of sp³-hybridized carbons (Fsp3) is 0.200. The molecular formula is C15H14F2O2. The maximum absolute atomic E-state index is 13.9. The van der Waals surface area contributed by atoms with Crippen LogP contribution in [0.3, 0.4) is 0 Å². The Labute approximate surface area is 110 Å². The number of hydrogen-bond acceptors (Lipinski definition) is 2. The number of methoxy groups -OCH3 is 1. The third kappa shape index (κ3) is 2.84. The summed E-state index contributed by atoms with van der Waals surface area (Å²) in [5.74, 6) is -0.656. The molecule has 0 aromatic heterocycles. The van der Waals surface area contributed by atoms with E-state index in [9.17, 15) is 8.78 Å². The van der Waals surface area contributed by atoms with E-state index in [2.05, 4.69) is 0 Å². The van der Waals surface area contributed by atoms with Gasteiger partial charge in [0.05, 0.1) is 7.11 Å². The van der Waals surface area contributed by atoms with Gasteiger partial charge in [-0.25, -0.2) is 8.78 Å². The average Bonchev–Trinajstić information content (AvgIpc) is 2.42. The predicted molar refractivity (Wildman–Crippen MR) is 68.4 cm³/mol. The summed E-state index contributed by atoms with van der Waals surface area (Å²) in [6, 6.07) is 9.61. The van der Waals surface area contributed by atoms with E-state index in [0.717, 1.165) is 0 Å². The minimum absolute atomic E-state index is 0.0522. The van der Waals surface area contributed by atoms with Gasteiger partial charge in [0.15, 0.2) is 23.1 Å². The Balaban J connectivity index is 2.17. The summed E-state index contributed by atoms with van der Waals surface area (Å²) >= 11 is 0. The number of aryl methyl sites for hydroxylation is 1. The highest BCUT2D eigenvalue weighted by Gasteiger charge is 2.11. The molecule has 0 N–H and O–H groups in total. The van der Waals surface area contributed by atoms with Gasteiger partial charge in [-0.05, 0) is 24.6 Å². The van der Waals surface area contributed by atoms with Crippen molar-refractivity contribution in [2.75, 3.05) is 7.11 Å². The minimum atomic E-state index is -0.488. The van der Waals surface area contributed by atoms with Gasteiger partial charge < -0.3 is 9.47 Å². The van der Waals surface area contributed by atoms with Gasteiger partial charge in [0.1, 0.15) is 6.61 Å². The molecule has 0 aliphatic heterocycles. The molecule has 19 heavy (non-hydrogen) atoms. The number of ether oxygens (including phenoxy) is 2. The Hall–Kier alpha value is -2.10. The largest absolute Gasteiger partial charge is 0.494 e. The smallest absolute Gasteiger partial charge is 0.171 e. The normalized spacial score (nSPS) is 10.3. The highest BCUT2D eigenvalue weighted by atomic mass is 19.1. The van der Waals surface area contributed by atoms with E-state index in [1.54, 1.807) is 31.2 Å². The number of hydrogen-bond donors (Lipinski definition) is 0. The lowest BCUT2D eigenvalue weighted by Gasteiger charge is -2.10. The van der Waals surface area contributed by atoms with E-state index in [1.165, 1.54) is 19.2 Å². The van der Waals surface area contributed by atoms with Crippen molar-refractivity contribution in [2.24, 2.45) is 0 Å². The molecule has 2 nitrogen and oxygen atoms in total. The van der Waals surface area contributed by atoms with Crippen LogP contribution in [0.5, 0.6) is 11.5 Å². The molecule has 100 valence electrons. The summed E-state index contributed by atoms with van der Waals surface area (Å²) in [4.78, 5) is 0. The lowest BCUT2D eigenvalue weighted by molar-refractivity contribution is 0.281. The first kappa shape index (κ1) is 13.3. The molecule has 0 saturated carbocycles. The van der Waals surface area contributed by atoms with Crippen LogP contribution < -0.4 is 9.47 Å². The number of benzene rings is 2. The van der Waals surface area contributed by atoms with E-state index in [4.69, 9.17) is 9.47 Å². The van der Waals surface area contributed by atoms with Crippen molar-refractivity contribution in [3.63, 3.8) is 0 Å². The van der Waals surface area contributed by atoms with Gasteiger partial charge in [-0.15, -0.1) is 0 Å². The second-order valence-corrected chi connectivity index (χ2v) is 4.11. The van der Waals surface area contributed by atoms with Crippen LogP contribution in [0, 0.1) is 18.6 Å². The van der Waals surface area contributed by atoms with Crippen LogP contribution in [0.15, 0.2) is 36.4 Å². The topological polar surface area (TPSA) is 18.5 Å². The van der Waals surface area contributed by atoms with Gasteiger partial charge in [0, 0.05) is 5.56 Å². The Kier molecular flexibility index (Phi) is 4.00. The fourth-order valence-corrected chi connectivity index (χ4v) is 1.71. The second-order valence-electron chi connectivity index (χ2n) is 4.11. The van der Waals surface area contributed by atoms with Crippen molar-refractivity contribution < 1.29 is 18.3 Å². The van der Waals surface area contributed by atoms with Crippen molar-refractivity contribution in [2.45, 2.75) is 13.5 Å². The summed E-state index contributed by atoms with van der Waals surface area (Å²) in [5.41, 5.74) is 0.809. The van der Waals surface area contributed by atoms with Crippen molar-refractivity contribution in [1.29, 1.82) is 0 Å². The second kappa shape index (κ2) is 5.69. The average molecular weight is 264 g/mol. The first-order chi connectivity index (χ1) is 9.13. The summed E-state index contributed by atoms with van der Waals surface area (Å²) in [6.07, 6.45) is 0. The van der Waals surface area contributed by atoms with Crippen molar-refractivity contribution >= 4 is 0 Å². The lowest BCUT2D eigenvalue weighted by Crippen LogP contribution is -2.02. The summed E-state index contributed by atoms with van der Waals surface area (Å²) < 4.78 is 37.8. The molecule has 0 fully saturated rings. The zero-order valence-electron chi connectivity index (χ0n) is 10.7. The Morgan fingerprint density at radius 2 is 1.63 bits per heavy atom. The molecule has 0 spiro atoms. The standard InChI is InChI=1S/C15H14F2O2/c1-10-5-3-8-13(14(10)16)19-9-11-6-4-7-12(18-2)15(11)17/h3-8H,9H2,1-2H3. The summed E-state index contributed by atoms with van der Waals surface area (Å²) in [6.45, 7) is 1.59. The van der Waals surface area contributed by atoms with Crippen molar-refractivity contribution in [3.05, 3.63) is 59.2 Å². The molecule has 4 heteroatoms. The van der Waals surface area contributed by atoms with Crippen LogP contribution in [0.2, 0.25) is 0 Å². The summed E-state index contributed by atoms with van der Waals surface area (Å²) in [5, 5.41) is 0. The highest BCUT2D eigenvalue weighted by molar-refractivity contribution is 5.33. The molecular weight excluding hydrogens is 250 g/mol. The minimum Gasteiger partial charge on any atom is -0.494 e. The predicted octanol–water partition coefficient (Wildman–Crippen LogP) is 3.86. The molecule has 0 radical (unpaired) electrons. The zero-order valence-corrected chi connectivity index (χ0v) is 10.7. The summed E-state index contributed by atoms with van der Waals surface area (Å²) in [7, 11) is 1.39. The molecule has 0 unspecified atom stereocenters. The van der Waals surface area contributed by atoms with E-state index < -0.39 is 11.6 Å².